The van der Waals surface area contributed by atoms with E-state index in [2.05, 4.69) is 4.90 Å². The van der Waals surface area contributed by atoms with Crippen molar-refractivity contribution in [2.75, 3.05) is 19.6 Å². The van der Waals surface area contributed by atoms with Crippen LogP contribution < -0.4 is 5.73 Å². The summed E-state index contributed by atoms with van der Waals surface area (Å²) in [5.74, 6) is 0.867. The van der Waals surface area contributed by atoms with Crippen LogP contribution in [0.5, 0.6) is 0 Å². The number of nitrogens with two attached hydrogens (primary N) is 1. The molecule has 0 amide bonds. The van der Waals surface area contributed by atoms with Gasteiger partial charge in [-0.2, -0.15) is 0 Å². The third-order valence-corrected chi connectivity index (χ3v) is 2.89. The molecule has 0 aromatic carbocycles. The molecule has 2 fully saturated rings. The molecular formula is C9H17FN2. The Kier molecular flexibility index (Phi) is 2.33. The van der Waals surface area contributed by atoms with Crippen molar-refractivity contribution < 1.29 is 4.39 Å². The maximum atomic E-state index is 13.1. The molecule has 70 valence electrons. The smallest absolute Gasteiger partial charge is 0.128 e. The molecule has 0 radical (unpaired) electrons. The van der Waals surface area contributed by atoms with Gasteiger partial charge in [-0.15, -0.1) is 0 Å². The van der Waals surface area contributed by atoms with Crippen LogP contribution in [-0.2, 0) is 0 Å². The van der Waals surface area contributed by atoms with Gasteiger partial charge in [0.2, 0.25) is 0 Å². The third kappa shape index (κ3) is 1.96. The molecule has 0 unspecified atom stereocenters. The number of piperidine rings is 1. The van der Waals surface area contributed by atoms with E-state index in [1.807, 2.05) is 0 Å². The molecule has 2 aliphatic rings. The Balaban J connectivity index is 1.76. The zero-order chi connectivity index (χ0) is 8.55. The van der Waals surface area contributed by atoms with Crippen LogP contribution in [-0.4, -0.2) is 36.7 Å². The zero-order valence-corrected chi connectivity index (χ0v) is 7.38. The fourth-order valence-corrected chi connectivity index (χ4v) is 1.82. The van der Waals surface area contributed by atoms with Gasteiger partial charge in [0.1, 0.15) is 6.17 Å². The van der Waals surface area contributed by atoms with Crippen molar-refractivity contribution in [3.05, 3.63) is 0 Å². The average molecular weight is 172 g/mol. The number of hydrogen-bond donors (Lipinski definition) is 1. The first-order valence-corrected chi connectivity index (χ1v) is 4.87. The predicted octanol–water partition coefficient (Wildman–Crippen LogP) is 0.767. The van der Waals surface area contributed by atoms with Crippen LogP contribution in [0.2, 0.25) is 0 Å². The maximum absolute atomic E-state index is 13.1. The molecule has 0 aromatic rings. The normalized spacial score (nSPS) is 38.5. The highest BCUT2D eigenvalue weighted by Crippen LogP contribution is 2.30. The summed E-state index contributed by atoms with van der Waals surface area (Å²) in [6, 6.07) is -0.208. The predicted molar refractivity (Wildman–Crippen MR) is 46.7 cm³/mol. The highest BCUT2D eigenvalue weighted by atomic mass is 19.1. The van der Waals surface area contributed by atoms with Gasteiger partial charge in [0.15, 0.2) is 0 Å². The number of hydrogen-bond acceptors (Lipinski definition) is 2. The van der Waals surface area contributed by atoms with Crippen LogP contribution >= 0.6 is 0 Å². The summed E-state index contributed by atoms with van der Waals surface area (Å²) in [7, 11) is 0. The van der Waals surface area contributed by atoms with Gasteiger partial charge in [0, 0.05) is 19.1 Å². The topological polar surface area (TPSA) is 29.3 Å². The van der Waals surface area contributed by atoms with E-state index < -0.39 is 6.17 Å². The zero-order valence-electron chi connectivity index (χ0n) is 7.38. The van der Waals surface area contributed by atoms with Crippen LogP contribution in [0, 0.1) is 5.92 Å². The minimum atomic E-state index is -0.794. The van der Waals surface area contributed by atoms with Crippen LogP contribution in [0.3, 0.4) is 0 Å². The Labute approximate surface area is 72.9 Å². The van der Waals surface area contributed by atoms with E-state index in [9.17, 15) is 4.39 Å². The van der Waals surface area contributed by atoms with Crippen LogP contribution in [0.15, 0.2) is 0 Å². The number of rotatable bonds is 2. The van der Waals surface area contributed by atoms with E-state index in [1.165, 1.54) is 12.8 Å². The largest absolute Gasteiger partial charge is 0.325 e. The van der Waals surface area contributed by atoms with Gasteiger partial charge >= 0.3 is 0 Å². The quantitative estimate of drug-likeness (QED) is 0.666. The fourth-order valence-electron chi connectivity index (χ4n) is 1.82. The summed E-state index contributed by atoms with van der Waals surface area (Å²) in [6.45, 7) is 2.67. The van der Waals surface area contributed by atoms with Gasteiger partial charge in [0.05, 0.1) is 0 Å². The minimum absolute atomic E-state index is 0.208. The van der Waals surface area contributed by atoms with E-state index in [0.29, 0.717) is 6.54 Å². The number of alkyl halides is 1. The second kappa shape index (κ2) is 3.30. The van der Waals surface area contributed by atoms with Crippen LogP contribution in [0.4, 0.5) is 4.39 Å². The van der Waals surface area contributed by atoms with Gasteiger partial charge in [-0.3, -0.25) is 0 Å². The van der Waals surface area contributed by atoms with Crippen LogP contribution in [0.25, 0.3) is 0 Å². The number of likely N-dealkylation sites (tertiary alicyclic amines) is 1. The van der Waals surface area contributed by atoms with Crippen molar-refractivity contribution in [1.29, 1.82) is 0 Å². The Bertz CT molecular complexity index is 159. The standard InChI is InChI=1S/C9H17FN2/c10-8-6-12(4-3-9(8)11)5-7-1-2-7/h7-9H,1-6,11H2/t8-,9+/m1/s1. The van der Waals surface area contributed by atoms with Crippen molar-refractivity contribution >= 4 is 0 Å². The van der Waals surface area contributed by atoms with E-state index in [4.69, 9.17) is 5.73 Å². The Morgan fingerprint density at radius 3 is 2.67 bits per heavy atom. The first-order valence-electron chi connectivity index (χ1n) is 4.87. The minimum Gasteiger partial charge on any atom is -0.325 e. The summed E-state index contributed by atoms with van der Waals surface area (Å²) in [4.78, 5) is 2.23. The molecule has 3 heteroatoms. The molecule has 1 saturated heterocycles. The van der Waals surface area contributed by atoms with E-state index >= 15 is 0 Å². The van der Waals surface area contributed by atoms with Gasteiger partial charge in [0.25, 0.3) is 0 Å². The lowest BCUT2D eigenvalue weighted by atomic mass is 10.0. The van der Waals surface area contributed by atoms with Crippen molar-refractivity contribution in [3.63, 3.8) is 0 Å². The van der Waals surface area contributed by atoms with Gasteiger partial charge in [-0.25, -0.2) is 4.39 Å². The molecule has 2 nitrogen and oxygen atoms in total. The lowest BCUT2D eigenvalue weighted by Crippen LogP contribution is -2.48. The Hall–Kier alpha value is -0.150. The summed E-state index contributed by atoms with van der Waals surface area (Å²) in [5.41, 5.74) is 5.59. The van der Waals surface area contributed by atoms with Gasteiger partial charge in [-0.05, 0) is 31.7 Å². The Morgan fingerprint density at radius 2 is 2.08 bits per heavy atom. The third-order valence-electron chi connectivity index (χ3n) is 2.89. The summed E-state index contributed by atoms with van der Waals surface area (Å²) < 4.78 is 13.1. The highest BCUT2D eigenvalue weighted by molar-refractivity contribution is 4.86. The van der Waals surface area contributed by atoms with E-state index in [1.54, 1.807) is 0 Å². The van der Waals surface area contributed by atoms with Crippen molar-refractivity contribution in [3.8, 4) is 0 Å². The Morgan fingerprint density at radius 1 is 1.33 bits per heavy atom. The summed E-state index contributed by atoms with van der Waals surface area (Å²) in [5, 5.41) is 0. The maximum Gasteiger partial charge on any atom is 0.128 e. The molecule has 2 rings (SSSR count). The van der Waals surface area contributed by atoms with E-state index in [0.717, 1.165) is 25.4 Å². The fraction of sp³-hybridized carbons (Fsp3) is 1.00. The van der Waals surface area contributed by atoms with Gasteiger partial charge < -0.3 is 10.6 Å². The molecule has 1 saturated carbocycles. The van der Waals surface area contributed by atoms with Crippen molar-refractivity contribution in [1.82, 2.24) is 4.90 Å². The van der Waals surface area contributed by atoms with E-state index in [-0.39, 0.29) is 6.04 Å². The SMILES string of the molecule is N[C@H]1CCN(CC2CC2)C[C@H]1F. The monoisotopic (exact) mass is 172 g/mol. The van der Waals surface area contributed by atoms with Gasteiger partial charge in [-0.1, -0.05) is 0 Å². The highest BCUT2D eigenvalue weighted by Gasteiger charge is 2.30. The summed E-state index contributed by atoms with van der Waals surface area (Å²) >= 11 is 0. The second-order valence-corrected chi connectivity index (χ2v) is 4.17. The lowest BCUT2D eigenvalue weighted by molar-refractivity contribution is 0.116. The molecule has 0 spiro atoms. The number of halogens is 1. The molecule has 1 heterocycles. The average Bonchev–Trinajstić information content (AvgIpc) is 2.81. The molecule has 2 N–H and O–H groups in total. The lowest BCUT2D eigenvalue weighted by Gasteiger charge is -2.32. The molecule has 0 bridgehead atoms. The molecule has 1 aliphatic carbocycles. The summed E-state index contributed by atoms with van der Waals surface area (Å²) in [6.07, 6.45) is 2.73. The molecule has 1 aliphatic heterocycles. The molecule has 0 aromatic heterocycles. The second-order valence-electron chi connectivity index (χ2n) is 4.17. The molecular weight excluding hydrogens is 155 g/mol. The van der Waals surface area contributed by atoms with Crippen molar-refractivity contribution in [2.45, 2.75) is 31.5 Å². The number of nitrogens with zero attached hydrogens (tertiary/aromatic N) is 1. The molecule has 2 atom stereocenters. The van der Waals surface area contributed by atoms with Crippen LogP contribution in [0.1, 0.15) is 19.3 Å². The first kappa shape index (κ1) is 8.45. The first-order chi connectivity index (χ1) is 5.75. The van der Waals surface area contributed by atoms with Crippen molar-refractivity contribution in [2.24, 2.45) is 11.7 Å². The molecule has 12 heavy (non-hydrogen) atoms.